The van der Waals surface area contributed by atoms with Gasteiger partial charge in [-0.25, -0.2) is 5.84 Å². The minimum Gasteiger partial charge on any atom is -0.399 e. The summed E-state index contributed by atoms with van der Waals surface area (Å²) in [5.41, 5.74) is 6.34. The van der Waals surface area contributed by atoms with E-state index in [0.29, 0.717) is 5.69 Å². The minimum absolute atomic E-state index is 0.0678. The van der Waals surface area contributed by atoms with Crippen LogP contribution in [0.15, 0.2) is 36.2 Å². The maximum atomic E-state index is 10.6. The number of anilines is 1. The number of nitro groups is 1. The summed E-state index contributed by atoms with van der Waals surface area (Å²) in [6, 6.07) is 5.51. The van der Waals surface area contributed by atoms with Crippen molar-refractivity contribution in [3.8, 4) is 0 Å². The van der Waals surface area contributed by atoms with E-state index in [-0.39, 0.29) is 18.0 Å². The van der Waals surface area contributed by atoms with Gasteiger partial charge in [-0.15, -0.1) is 0 Å². The van der Waals surface area contributed by atoms with Gasteiger partial charge in [-0.1, -0.05) is 0 Å². The third-order valence-electron chi connectivity index (χ3n) is 3.58. The molecule has 1 aromatic rings. The number of hydrogen-bond donors (Lipinski definition) is 5. The lowest BCUT2D eigenvalue weighted by Gasteiger charge is -2.18. The summed E-state index contributed by atoms with van der Waals surface area (Å²) in [7, 11) is 0. The van der Waals surface area contributed by atoms with Crippen molar-refractivity contribution in [1.82, 2.24) is 0 Å². The molecule has 11 heteroatoms. The van der Waals surface area contributed by atoms with Crippen LogP contribution in [0.4, 0.5) is 11.4 Å². The fourth-order valence-corrected chi connectivity index (χ4v) is 2.22. The second-order valence-electron chi connectivity index (χ2n) is 5.40. The van der Waals surface area contributed by atoms with Gasteiger partial charge in [0.1, 0.15) is 18.3 Å². The number of aliphatic hydroxyl groups is 3. The molecule has 0 aliphatic carbocycles. The molecule has 0 aromatic heterocycles. The van der Waals surface area contributed by atoms with Crippen molar-refractivity contribution < 1.29 is 29.7 Å². The lowest BCUT2D eigenvalue weighted by molar-refractivity contribution is -0.384. The van der Waals surface area contributed by atoms with Gasteiger partial charge < -0.3 is 30.5 Å². The number of rotatable bonds is 7. The zero-order valence-corrected chi connectivity index (χ0v) is 13.1. The average molecular weight is 356 g/mol. The number of non-ortho nitro benzene ring substituents is 1. The fourth-order valence-electron chi connectivity index (χ4n) is 2.22. The third-order valence-corrected chi connectivity index (χ3v) is 3.58. The smallest absolute Gasteiger partial charge is 0.269 e. The molecule has 0 spiro atoms. The van der Waals surface area contributed by atoms with Crippen LogP contribution in [0.5, 0.6) is 0 Å². The Kier molecular flexibility index (Phi) is 6.25. The molecular formula is C14H20N4O7. The van der Waals surface area contributed by atoms with E-state index in [0.717, 1.165) is 5.01 Å². The first kappa shape index (κ1) is 19.1. The first-order valence-electron chi connectivity index (χ1n) is 7.32. The lowest BCUT2D eigenvalue weighted by Crippen LogP contribution is -2.35. The Morgan fingerprint density at radius 1 is 1.36 bits per heavy atom. The number of nitro benzene ring substituents is 1. The van der Waals surface area contributed by atoms with Crippen LogP contribution in [0.1, 0.15) is 0 Å². The fraction of sp³-hybridized carbons (Fsp3) is 0.429. The van der Waals surface area contributed by atoms with Crippen LogP contribution in [0.25, 0.3) is 0 Å². The highest BCUT2D eigenvalue weighted by Gasteiger charge is 2.43. The van der Waals surface area contributed by atoms with Gasteiger partial charge in [-0.2, -0.15) is 0 Å². The Morgan fingerprint density at radius 2 is 2.00 bits per heavy atom. The van der Waals surface area contributed by atoms with Gasteiger partial charge in [0.05, 0.1) is 29.5 Å². The molecule has 4 unspecified atom stereocenters. The SMILES string of the molecule is N/C(=C\N(N)c1ccc([N+](=O)[O-])cc1)COC1OC(CO)C(O)C1O. The summed E-state index contributed by atoms with van der Waals surface area (Å²) in [6.45, 7) is -0.618. The number of nitrogens with two attached hydrogens (primary N) is 2. The molecule has 7 N–H and O–H groups in total. The molecule has 1 fully saturated rings. The Morgan fingerprint density at radius 3 is 2.52 bits per heavy atom. The average Bonchev–Trinajstić information content (AvgIpc) is 2.87. The van der Waals surface area contributed by atoms with Crippen LogP contribution < -0.4 is 16.6 Å². The first-order chi connectivity index (χ1) is 11.8. The molecule has 4 atom stereocenters. The van der Waals surface area contributed by atoms with Crippen LogP contribution in [0.2, 0.25) is 0 Å². The monoisotopic (exact) mass is 356 g/mol. The molecule has 138 valence electrons. The van der Waals surface area contributed by atoms with E-state index in [1.807, 2.05) is 0 Å². The van der Waals surface area contributed by atoms with Gasteiger partial charge in [-0.05, 0) is 12.1 Å². The summed E-state index contributed by atoms with van der Waals surface area (Å²) in [4.78, 5) is 10.1. The molecule has 0 radical (unpaired) electrons. The van der Waals surface area contributed by atoms with Crippen molar-refractivity contribution in [2.24, 2.45) is 11.6 Å². The molecule has 0 bridgehead atoms. The van der Waals surface area contributed by atoms with Crippen molar-refractivity contribution in [1.29, 1.82) is 0 Å². The Hall–Kier alpha value is -2.28. The summed E-state index contributed by atoms with van der Waals surface area (Å²) in [6.07, 6.45) is -3.30. The first-order valence-corrected chi connectivity index (χ1v) is 7.32. The quantitative estimate of drug-likeness (QED) is 0.220. The molecular weight excluding hydrogens is 336 g/mol. The van der Waals surface area contributed by atoms with Gasteiger partial charge in [0.25, 0.3) is 5.69 Å². The van der Waals surface area contributed by atoms with Crippen LogP contribution in [0.3, 0.4) is 0 Å². The number of nitrogens with zero attached hydrogens (tertiary/aromatic N) is 2. The summed E-state index contributed by atoms with van der Waals surface area (Å²) in [5.74, 6) is 5.80. The van der Waals surface area contributed by atoms with Crippen molar-refractivity contribution >= 4 is 11.4 Å². The van der Waals surface area contributed by atoms with Crippen molar-refractivity contribution in [3.05, 3.63) is 46.3 Å². The molecule has 11 nitrogen and oxygen atoms in total. The predicted octanol–water partition coefficient (Wildman–Crippen LogP) is -1.47. The van der Waals surface area contributed by atoms with Gasteiger partial charge in [0.2, 0.25) is 0 Å². The summed E-state index contributed by atoms with van der Waals surface area (Å²) in [5, 5.41) is 40.1. The van der Waals surface area contributed by atoms with Crippen LogP contribution in [-0.2, 0) is 9.47 Å². The summed E-state index contributed by atoms with van der Waals surface area (Å²) < 4.78 is 10.4. The van der Waals surface area contributed by atoms with E-state index < -0.39 is 36.1 Å². The second-order valence-corrected chi connectivity index (χ2v) is 5.40. The number of benzene rings is 1. The van der Waals surface area contributed by atoms with E-state index in [2.05, 4.69) is 0 Å². The van der Waals surface area contributed by atoms with E-state index >= 15 is 0 Å². The Balaban J connectivity index is 1.91. The highest BCUT2D eigenvalue weighted by Crippen LogP contribution is 2.22. The third kappa shape index (κ3) is 4.63. The molecule has 1 aliphatic rings. The normalized spacial score (nSPS) is 26.6. The summed E-state index contributed by atoms with van der Waals surface area (Å²) >= 11 is 0. The minimum atomic E-state index is -1.31. The topological polar surface area (TPSA) is 178 Å². The van der Waals surface area contributed by atoms with E-state index in [4.69, 9.17) is 26.2 Å². The standard InChI is InChI=1S/C14H20N4O7/c15-8(7-24-14-13(21)12(20)11(6-19)25-14)5-17(16)9-1-3-10(4-2-9)18(22)23/h1-5,11-14,19-21H,6-7,15-16H2/b8-5-. The lowest BCUT2D eigenvalue weighted by atomic mass is 10.1. The molecule has 1 saturated heterocycles. The maximum absolute atomic E-state index is 10.6. The Labute approximate surface area is 142 Å². The zero-order valence-electron chi connectivity index (χ0n) is 13.1. The molecule has 1 aromatic carbocycles. The highest BCUT2D eigenvalue weighted by molar-refractivity contribution is 5.51. The van der Waals surface area contributed by atoms with Crippen LogP contribution in [-0.4, -0.2) is 58.1 Å². The van der Waals surface area contributed by atoms with Crippen molar-refractivity contribution in [2.45, 2.75) is 24.6 Å². The zero-order chi connectivity index (χ0) is 18.6. The number of aliphatic hydroxyl groups excluding tert-OH is 3. The predicted molar refractivity (Wildman–Crippen MR) is 85.7 cm³/mol. The maximum Gasteiger partial charge on any atom is 0.269 e. The molecule has 0 saturated carbocycles. The largest absolute Gasteiger partial charge is 0.399 e. The van der Waals surface area contributed by atoms with Crippen molar-refractivity contribution in [3.63, 3.8) is 0 Å². The van der Waals surface area contributed by atoms with Crippen molar-refractivity contribution in [2.75, 3.05) is 18.2 Å². The number of hydrogen-bond acceptors (Lipinski definition) is 10. The van der Waals surface area contributed by atoms with Crippen LogP contribution in [0, 0.1) is 10.1 Å². The number of hydrazine groups is 1. The van der Waals surface area contributed by atoms with Gasteiger partial charge in [0, 0.05) is 18.3 Å². The number of ether oxygens (including phenoxy) is 2. The van der Waals surface area contributed by atoms with Gasteiger partial charge in [0.15, 0.2) is 6.29 Å². The highest BCUT2D eigenvalue weighted by atomic mass is 16.7. The van der Waals surface area contributed by atoms with Gasteiger partial charge >= 0.3 is 0 Å². The van der Waals surface area contributed by atoms with E-state index in [1.54, 1.807) is 0 Å². The molecule has 2 rings (SSSR count). The second kappa shape index (κ2) is 8.20. The van der Waals surface area contributed by atoms with Crippen LogP contribution >= 0.6 is 0 Å². The molecule has 25 heavy (non-hydrogen) atoms. The van der Waals surface area contributed by atoms with Gasteiger partial charge in [-0.3, -0.25) is 15.1 Å². The molecule has 0 amide bonds. The van der Waals surface area contributed by atoms with E-state index in [9.17, 15) is 20.3 Å². The molecule has 1 aliphatic heterocycles. The molecule has 1 heterocycles. The Bertz CT molecular complexity index is 624. The van der Waals surface area contributed by atoms with E-state index in [1.165, 1.54) is 30.5 Å².